The Morgan fingerprint density at radius 1 is 1.42 bits per heavy atom. The smallest absolute Gasteiger partial charge is 0.254 e. The molecule has 1 saturated heterocycles. The number of nitrogens with one attached hydrogen (secondary N) is 2. The molecule has 6 nitrogen and oxygen atoms in total. The molecular weight excluding hydrogens is 244 g/mol. The van der Waals surface area contributed by atoms with Crippen molar-refractivity contribution >= 4 is 22.5 Å². The lowest BCUT2D eigenvalue weighted by atomic mass is 10.2. The molecule has 0 radical (unpaired) electrons. The molecule has 1 aliphatic heterocycles. The SMILES string of the molecule is O=C(Nc1ccnc2ccncc12)C1CNCCO1. The van der Waals surface area contributed by atoms with Gasteiger partial charge in [0.05, 0.1) is 17.8 Å². The number of amides is 1. The highest BCUT2D eigenvalue weighted by Gasteiger charge is 2.22. The monoisotopic (exact) mass is 258 g/mol. The van der Waals surface area contributed by atoms with Crippen molar-refractivity contribution in [3.8, 4) is 0 Å². The number of morpholine rings is 1. The minimum Gasteiger partial charge on any atom is -0.366 e. The van der Waals surface area contributed by atoms with Crippen LogP contribution in [0.1, 0.15) is 0 Å². The summed E-state index contributed by atoms with van der Waals surface area (Å²) >= 11 is 0. The average molecular weight is 258 g/mol. The van der Waals surface area contributed by atoms with E-state index in [9.17, 15) is 4.79 Å². The van der Waals surface area contributed by atoms with Crippen molar-refractivity contribution in [1.29, 1.82) is 0 Å². The van der Waals surface area contributed by atoms with Gasteiger partial charge in [-0.05, 0) is 12.1 Å². The summed E-state index contributed by atoms with van der Waals surface area (Å²) in [5, 5.41) is 6.82. The summed E-state index contributed by atoms with van der Waals surface area (Å²) in [4.78, 5) is 20.4. The highest BCUT2D eigenvalue weighted by molar-refractivity contribution is 6.02. The van der Waals surface area contributed by atoms with Crippen LogP contribution in [0.2, 0.25) is 0 Å². The second-order valence-corrected chi connectivity index (χ2v) is 4.30. The molecule has 0 aliphatic carbocycles. The van der Waals surface area contributed by atoms with Crippen molar-refractivity contribution in [3.63, 3.8) is 0 Å². The molecule has 1 amide bonds. The Labute approximate surface area is 110 Å². The van der Waals surface area contributed by atoms with E-state index in [0.29, 0.717) is 18.8 Å². The number of anilines is 1. The molecule has 1 atom stereocenters. The highest BCUT2D eigenvalue weighted by Crippen LogP contribution is 2.20. The molecule has 1 unspecified atom stereocenters. The van der Waals surface area contributed by atoms with Crippen molar-refractivity contribution in [1.82, 2.24) is 15.3 Å². The molecule has 3 heterocycles. The predicted octanol–water partition coefficient (Wildman–Crippen LogP) is 0.557. The van der Waals surface area contributed by atoms with Crippen molar-refractivity contribution in [2.45, 2.75) is 6.10 Å². The molecule has 1 aliphatic rings. The number of ether oxygens (including phenoxy) is 1. The van der Waals surface area contributed by atoms with E-state index in [1.54, 1.807) is 24.7 Å². The molecule has 1 fully saturated rings. The summed E-state index contributed by atoms with van der Waals surface area (Å²) in [6, 6.07) is 3.57. The molecule has 19 heavy (non-hydrogen) atoms. The first-order chi connectivity index (χ1) is 9.34. The van der Waals surface area contributed by atoms with E-state index in [1.807, 2.05) is 6.07 Å². The van der Waals surface area contributed by atoms with E-state index in [4.69, 9.17) is 4.74 Å². The lowest BCUT2D eigenvalue weighted by molar-refractivity contribution is -0.128. The zero-order valence-electron chi connectivity index (χ0n) is 10.3. The third kappa shape index (κ3) is 2.54. The van der Waals surface area contributed by atoms with E-state index < -0.39 is 6.10 Å². The molecule has 2 aromatic heterocycles. The Hall–Kier alpha value is -2.05. The van der Waals surface area contributed by atoms with E-state index in [2.05, 4.69) is 20.6 Å². The van der Waals surface area contributed by atoms with Crippen molar-refractivity contribution in [2.75, 3.05) is 25.0 Å². The van der Waals surface area contributed by atoms with Crippen LogP contribution < -0.4 is 10.6 Å². The molecule has 0 aromatic carbocycles. The maximum Gasteiger partial charge on any atom is 0.254 e. The van der Waals surface area contributed by atoms with Gasteiger partial charge >= 0.3 is 0 Å². The van der Waals surface area contributed by atoms with E-state index in [1.165, 1.54) is 0 Å². The maximum absolute atomic E-state index is 12.1. The summed E-state index contributed by atoms with van der Waals surface area (Å²) in [6.07, 6.45) is 4.58. The van der Waals surface area contributed by atoms with Crippen molar-refractivity contribution in [3.05, 3.63) is 30.7 Å². The van der Waals surface area contributed by atoms with Crippen LogP contribution in [0.25, 0.3) is 10.9 Å². The molecular formula is C13H14N4O2. The molecule has 3 rings (SSSR count). The fraction of sp³-hybridized carbons (Fsp3) is 0.308. The number of rotatable bonds is 2. The number of carbonyl (C=O) groups is 1. The fourth-order valence-electron chi connectivity index (χ4n) is 2.05. The number of nitrogens with zero attached hydrogens (tertiary/aromatic N) is 2. The lowest BCUT2D eigenvalue weighted by Gasteiger charge is -2.22. The minimum absolute atomic E-state index is 0.149. The van der Waals surface area contributed by atoms with Gasteiger partial charge in [-0.15, -0.1) is 0 Å². The molecule has 0 bridgehead atoms. The van der Waals surface area contributed by atoms with Gasteiger partial charge in [-0.2, -0.15) is 0 Å². The van der Waals surface area contributed by atoms with Crippen LogP contribution in [0, 0.1) is 0 Å². The van der Waals surface area contributed by atoms with E-state index >= 15 is 0 Å². The Balaban J connectivity index is 1.82. The summed E-state index contributed by atoms with van der Waals surface area (Å²) in [6.45, 7) is 1.87. The third-order valence-electron chi connectivity index (χ3n) is 3.02. The molecule has 2 N–H and O–H groups in total. The number of fused-ring (bicyclic) bond motifs is 1. The van der Waals surface area contributed by atoms with Crippen LogP contribution in [0.15, 0.2) is 30.7 Å². The third-order valence-corrected chi connectivity index (χ3v) is 3.02. The maximum atomic E-state index is 12.1. The van der Waals surface area contributed by atoms with Gasteiger partial charge in [-0.25, -0.2) is 0 Å². The Bertz CT molecular complexity index is 591. The van der Waals surface area contributed by atoms with Gasteiger partial charge in [0.25, 0.3) is 5.91 Å². The van der Waals surface area contributed by atoms with Gasteiger partial charge in [-0.1, -0.05) is 0 Å². The summed E-state index contributed by atoms with van der Waals surface area (Å²) in [5.74, 6) is -0.149. The first-order valence-corrected chi connectivity index (χ1v) is 6.16. The largest absolute Gasteiger partial charge is 0.366 e. The van der Waals surface area contributed by atoms with Gasteiger partial charge in [-0.3, -0.25) is 14.8 Å². The van der Waals surface area contributed by atoms with Gasteiger partial charge in [0.2, 0.25) is 0 Å². The first-order valence-electron chi connectivity index (χ1n) is 6.16. The number of carbonyl (C=O) groups excluding carboxylic acids is 1. The van der Waals surface area contributed by atoms with Crippen LogP contribution in [0.3, 0.4) is 0 Å². The van der Waals surface area contributed by atoms with Crippen LogP contribution in [0.5, 0.6) is 0 Å². The quantitative estimate of drug-likeness (QED) is 0.823. The molecule has 0 saturated carbocycles. The van der Waals surface area contributed by atoms with Crippen LogP contribution in [0.4, 0.5) is 5.69 Å². The van der Waals surface area contributed by atoms with Gasteiger partial charge < -0.3 is 15.4 Å². The van der Waals surface area contributed by atoms with Crippen LogP contribution >= 0.6 is 0 Å². The average Bonchev–Trinajstić information content (AvgIpc) is 2.48. The Morgan fingerprint density at radius 3 is 3.21 bits per heavy atom. The fourth-order valence-corrected chi connectivity index (χ4v) is 2.05. The van der Waals surface area contributed by atoms with Crippen LogP contribution in [-0.2, 0) is 9.53 Å². The van der Waals surface area contributed by atoms with Gasteiger partial charge in [0.15, 0.2) is 0 Å². The normalized spacial score (nSPS) is 19.3. The molecule has 0 spiro atoms. The van der Waals surface area contributed by atoms with Gasteiger partial charge in [0.1, 0.15) is 6.10 Å². The lowest BCUT2D eigenvalue weighted by Crippen LogP contribution is -2.45. The molecule has 6 heteroatoms. The zero-order chi connectivity index (χ0) is 13.1. The number of hydrogen-bond donors (Lipinski definition) is 2. The second-order valence-electron chi connectivity index (χ2n) is 4.30. The minimum atomic E-state index is -0.450. The Kier molecular flexibility index (Phi) is 3.35. The number of hydrogen-bond acceptors (Lipinski definition) is 5. The summed E-state index contributed by atoms with van der Waals surface area (Å²) < 4.78 is 5.42. The van der Waals surface area contributed by atoms with Crippen molar-refractivity contribution < 1.29 is 9.53 Å². The second kappa shape index (κ2) is 5.29. The first kappa shape index (κ1) is 12.0. The molecule has 98 valence electrons. The summed E-state index contributed by atoms with van der Waals surface area (Å²) in [5.41, 5.74) is 1.51. The van der Waals surface area contributed by atoms with Gasteiger partial charge in [0, 0.05) is 37.1 Å². The van der Waals surface area contributed by atoms with Crippen molar-refractivity contribution in [2.24, 2.45) is 0 Å². The number of pyridine rings is 2. The highest BCUT2D eigenvalue weighted by atomic mass is 16.5. The number of aromatic nitrogens is 2. The predicted molar refractivity (Wildman–Crippen MR) is 70.8 cm³/mol. The van der Waals surface area contributed by atoms with Crippen LogP contribution in [-0.4, -0.2) is 41.7 Å². The summed E-state index contributed by atoms with van der Waals surface area (Å²) in [7, 11) is 0. The topological polar surface area (TPSA) is 76.1 Å². The van der Waals surface area contributed by atoms with E-state index in [-0.39, 0.29) is 5.91 Å². The Morgan fingerprint density at radius 2 is 2.37 bits per heavy atom. The standard InChI is InChI=1S/C13H14N4O2/c18-13(12-8-15-5-6-19-12)17-11-2-4-16-10-1-3-14-7-9(10)11/h1-4,7,12,15H,5-6,8H2,(H,16,17,18). The van der Waals surface area contributed by atoms with E-state index in [0.717, 1.165) is 17.4 Å². The zero-order valence-corrected chi connectivity index (χ0v) is 10.3. The molecule has 2 aromatic rings.